The second kappa shape index (κ2) is 6.97. The lowest BCUT2D eigenvalue weighted by Crippen LogP contribution is -2.45. The van der Waals surface area contributed by atoms with Crippen LogP contribution in [0.25, 0.3) is 0 Å². The van der Waals surface area contributed by atoms with Crippen LogP contribution in [0.15, 0.2) is 16.6 Å². The number of anilines is 1. The molecule has 0 saturated carbocycles. The summed E-state index contributed by atoms with van der Waals surface area (Å²) in [4.78, 5) is 33.1. The van der Waals surface area contributed by atoms with E-state index in [9.17, 15) is 23.2 Å². The molecule has 0 radical (unpaired) electrons. The van der Waals surface area contributed by atoms with Crippen LogP contribution >= 0.6 is 15.9 Å². The second-order valence-electron chi connectivity index (χ2n) is 3.90. The Morgan fingerprint density at radius 1 is 1.33 bits per heavy atom. The van der Waals surface area contributed by atoms with Gasteiger partial charge in [-0.05, 0) is 22.0 Å². The Kier molecular flexibility index (Phi) is 5.59. The summed E-state index contributed by atoms with van der Waals surface area (Å²) in [5, 5.41) is 12.7. The molecule has 0 heterocycles. The van der Waals surface area contributed by atoms with E-state index in [2.05, 4.69) is 15.9 Å². The van der Waals surface area contributed by atoms with Crippen LogP contribution in [0.3, 0.4) is 0 Å². The molecule has 0 aliphatic carbocycles. The first kappa shape index (κ1) is 16.8. The maximum absolute atomic E-state index is 13.5. The van der Waals surface area contributed by atoms with Crippen LogP contribution in [0.1, 0.15) is 6.42 Å². The summed E-state index contributed by atoms with van der Waals surface area (Å²) >= 11 is 2.85. The van der Waals surface area contributed by atoms with E-state index < -0.39 is 42.0 Å². The zero-order valence-electron chi connectivity index (χ0n) is 10.3. The average molecular weight is 366 g/mol. The van der Waals surface area contributed by atoms with Gasteiger partial charge in [-0.15, -0.1) is 0 Å². The Balaban J connectivity index is 2.82. The smallest absolute Gasteiger partial charge is 0.326 e. The van der Waals surface area contributed by atoms with E-state index >= 15 is 0 Å². The molecule has 0 aromatic heterocycles. The van der Waals surface area contributed by atoms with Crippen molar-refractivity contribution in [3.8, 4) is 0 Å². The lowest BCUT2D eigenvalue weighted by atomic mass is 10.2. The number of carbonyl (C=O) groups excluding carboxylic acids is 2. The summed E-state index contributed by atoms with van der Waals surface area (Å²) in [5.74, 6) is -4.33. The number of carboxylic acid groups (broad SMARTS) is 1. The normalized spacial score (nSPS) is 11.6. The minimum absolute atomic E-state index is 0.0723. The Morgan fingerprint density at radius 2 is 1.95 bits per heavy atom. The minimum Gasteiger partial charge on any atom is -0.480 e. The quantitative estimate of drug-likeness (QED) is 0.625. The number of halogens is 3. The zero-order chi connectivity index (χ0) is 16.2. The Morgan fingerprint density at radius 3 is 2.43 bits per heavy atom. The summed E-state index contributed by atoms with van der Waals surface area (Å²) in [6.45, 7) is 0. The number of nitrogens with two attached hydrogens (primary N) is 1. The van der Waals surface area contributed by atoms with E-state index in [1.165, 1.54) is 0 Å². The maximum Gasteiger partial charge on any atom is 0.326 e. The number of nitrogens with one attached hydrogen (secondary N) is 2. The van der Waals surface area contributed by atoms with Gasteiger partial charge in [-0.25, -0.2) is 18.4 Å². The number of amides is 3. The molecule has 3 amide bonds. The molecular weight excluding hydrogens is 356 g/mol. The van der Waals surface area contributed by atoms with E-state index in [1.807, 2.05) is 10.6 Å². The molecule has 1 rings (SSSR count). The van der Waals surface area contributed by atoms with E-state index in [0.717, 1.165) is 6.07 Å². The number of hydrogen-bond acceptors (Lipinski definition) is 3. The molecular formula is C11H10BrF2N3O4. The molecule has 114 valence electrons. The Hall–Kier alpha value is -2.23. The van der Waals surface area contributed by atoms with Gasteiger partial charge in [-0.2, -0.15) is 0 Å². The van der Waals surface area contributed by atoms with Crippen molar-refractivity contribution in [2.45, 2.75) is 12.5 Å². The number of urea groups is 1. The van der Waals surface area contributed by atoms with Crippen LogP contribution in [0.2, 0.25) is 0 Å². The molecule has 5 N–H and O–H groups in total. The standard InChI is InChI=1S/C11H10BrF2N3O4/c12-5-1-4(13)2-6(14)9(5)17-11(21)16-7(10(19)20)3-8(15)18/h1-2,7H,3H2,(H2,15,18)(H,19,20)(H2,16,17,21)/t7-/m1/s1. The fourth-order valence-electron chi connectivity index (χ4n) is 1.37. The highest BCUT2D eigenvalue weighted by Gasteiger charge is 2.23. The third-order valence-electron chi connectivity index (χ3n) is 2.25. The molecule has 0 aliphatic rings. The molecule has 0 bridgehead atoms. The van der Waals surface area contributed by atoms with Crippen molar-refractivity contribution in [2.75, 3.05) is 5.32 Å². The highest BCUT2D eigenvalue weighted by Crippen LogP contribution is 2.26. The van der Waals surface area contributed by atoms with Gasteiger partial charge in [0.05, 0.1) is 12.1 Å². The first-order valence-electron chi connectivity index (χ1n) is 5.44. The average Bonchev–Trinajstić information content (AvgIpc) is 2.32. The molecule has 7 nitrogen and oxygen atoms in total. The SMILES string of the molecule is NC(=O)C[C@@H](NC(=O)Nc1c(F)cc(F)cc1Br)C(=O)O. The third-order valence-corrected chi connectivity index (χ3v) is 2.88. The summed E-state index contributed by atoms with van der Waals surface area (Å²) < 4.78 is 26.3. The number of rotatable bonds is 5. The van der Waals surface area contributed by atoms with Gasteiger partial charge < -0.3 is 21.5 Å². The van der Waals surface area contributed by atoms with Crippen LogP contribution in [-0.4, -0.2) is 29.1 Å². The van der Waals surface area contributed by atoms with Crippen molar-refractivity contribution in [3.05, 3.63) is 28.2 Å². The first-order chi connectivity index (χ1) is 9.70. The van der Waals surface area contributed by atoms with Crippen LogP contribution in [0.5, 0.6) is 0 Å². The number of benzene rings is 1. The summed E-state index contributed by atoms with van der Waals surface area (Å²) in [6.07, 6.45) is -0.629. The van der Waals surface area contributed by atoms with E-state index in [1.54, 1.807) is 0 Å². The van der Waals surface area contributed by atoms with E-state index in [4.69, 9.17) is 10.8 Å². The van der Waals surface area contributed by atoms with Gasteiger partial charge in [0.25, 0.3) is 0 Å². The zero-order valence-corrected chi connectivity index (χ0v) is 11.9. The van der Waals surface area contributed by atoms with Crippen molar-refractivity contribution in [2.24, 2.45) is 5.73 Å². The molecule has 1 atom stereocenters. The summed E-state index contributed by atoms with van der Waals surface area (Å²) in [6, 6.07) is -1.20. The molecule has 0 aliphatic heterocycles. The van der Waals surface area contributed by atoms with Crippen LogP contribution < -0.4 is 16.4 Å². The summed E-state index contributed by atoms with van der Waals surface area (Å²) in [7, 11) is 0. The number of primary amides is 1. The number of carbonyl (C=O) groups is 3. The minimum atomic E-state index is -1.57. The van der Waals surface area contributed by atoms with Gasteiger partial charge in [0.1, 0.15) is 11.9 Å². The van der Waals surface area contributed by atoms with Crippen molar-refractivity contribution in [1.82, 2.24) is 5.32 Å². The predicted octanol–water partition coefficient (Wildman–Crippen LogP) is 1.18. The van der Waals surface area contributed by atoms with Crippen LogP contribution in [0, 0.1) is 11.6 Å². The molecule has 1 aromatic carbocycles. The van der Waals surface area contributed by atoms with Gasteiger partial charge >= 0.3 is 12.0 Å². The van der Waals surface area contributed by atoms with E-state index in [0.29, 0.717) is 6.07 Å². The van der Waals surface area contributed by atoms with Crippen LogP contribution in [-0.2, 0) is 9.59 Å². The van der Waals surface area contributed by atoms with Gasteiger partial charge in [0, 0.05) is 10.5 Å². The maximum atomic E-state index is 13.5. The largest absolute Gasteiger partial charge is 0.480 e. The summed E-state index contributed by atoms with van der Waals surface area (Å²) in [5.41, 5.74) is 4.46. The molecule has 0 saturated heterocycles. The molecule has 0 unspecified atom stereocenters. The van der Waals surface area contributed by atoms with Crippen molar-refractivity contribution < 1.29 is 28.3 Å². The number of hydrogen-bond donors (Lipinski definition) is 4. The first-order valence-corrected chi connectivity index (χ1v) is 6.23. The number of aliphatic carboxylic acids is 1. The third kappa shape index (κ3) is 4.99. The van der Waals surface area contributed by atoms with Crippen molar-refractivity contribution in [1.29, 1.82) is 0 Å². The fourth-order valence-corrected chi connectivity index (χ4v) is 1.88. The van der Waals surface area contributed by atoms with Gasteiger partial charge in [0.15, 0.2) is 5.82 Å². The molecule has 0 spiro atoms. The molecule has 21 heavy (non-hydrogen) atoms. The van der Waals surface area contributed by atoms with Crippen LogP contribution in [0.4, 0.5) is 19.3 Å². The molecule has 1 aromatic rings. The lowest BCUT2D eigenvalue weighted by Gasteiger charge is -2.14. The van der Waals surface area contributed by atoms with Gasteiger partial charge in [-0.1, -0.05) is 0 Å². The predicted molar refractivity (Wildman–Crippen MR) is 71.4 cm³/mol. The highest BCUT2D eigenvalue weighted by atomic mass is 79.9. The monoisotopic (exact) mass is 365 g/mol. The molecule has 0 fully saturated rings. The van der Waals surface area contributed by atoms with Gasteiger partial charge in [0.2, 0.25) is 5.91 Å². The topological polar surface area (TPSA) is 122 Å². The van der Waals surface area contributed by atoms with E-state index in [-0.39, 0.29) is 10.2 Å². The molecule has 10 heteroatoms. The second-order valence-corrected chi connectivity index (χ2v) is 4.76. The van der Waals surface area contributed by atoms with Gasteiger partial charge in [-0.3, -0.25) is 4.79 Å². The number of carboxylic acids is 1. The fraction of sp³-hybridized carbons (Fsp3) is 0.182. The van der Waals surface area contributed by atoms with Crippen molar-refractivity contribution >= 4 is 39.5 Å². The Bertz CT molecular complexity index is 574. The lowest BCUT2D eigenvalue weighted by molar-refractivity contribution is -0.140. The Labute approximate surface area is 125 Å². The highest BCUT2D eigenvalue weighted by molar-refractivity contribution is 9.10. The van der Waals surface area contributed by atoms with Crippen molar-refractivity contribution in [3.63, 3.8) is 0 Å².